The van der Waals surface area contributed by atoms with Crippen LogP contribution in [0, 0.1) is 0 Å². The van der Waals surface area contributed by atoms with Crippen molar-refractivity contribution in [1.82, 2.24) is 13.8 Å². The Bertz CT molecular complexity index is 1400. The molecule has 4 rings (SSSR count). The Hall–Kier alpha value is -3.35. The number of amides is 1. The molecule has 2 aromatic heterocycles. The van der Waals surface area contributed by atoms with Gasteiger partial charge < -0.3 is 0 Å². The van der Waals surface area contributed by atoms with E-state index in [4.69, 9.17) is 0 Å². The SMILES string of the molecule is Cn1cc(-c2ccc(S(=O)(=O)n3ccc(C=CC(=O)Nc4ccccc4[As])c3)cc2)cn1. The minimum atomic E-state index is -3.75. The van der Waals surface area contributed by atoms with Gasteiger partial charge in [-0.3, -0.25) is 4.68 Å². The van der Waals surface area contributed by atoms with Crippen molar-refractivity contribution in [1.29, 1.82) is 0 Å². The minimum absolute atomic E-state index is 0.173. The van der Waals surface area contributed by atoms with Gasteiger partial charge in [-0.05, 0) is 5.56 Å². The predicted molar refractivity (Wildman–Crippen MR) is 125 cm³/mol. The second kappa shape index (κ2) is 9.02. The summed E-state index contributed by atoms with van der Waals surface area (Å²) in [6.07, 6.45) is 9.46. The van der Waals surface area contributed by atoms with E-state index in [2.05, 4.69) is 27.3 Å². The molecule has 4 aromatic rings. The number of benzene rings is 2. The molecule has 0 saturated heterocycles. The summed E-state index contributed by atoms with van der Waals surface area (Å²) in [5.41, 5.74) is 3.09. The number of hydrogen-bond donors (Lipinski definition) is 1. The topological polar surface area (TPSA) is 86.0 Å². The zero-order valence-corrected chi connectivity index (χ0v) is 19.8. The molecule has 0 spiro atoms. The van der Waals surface area contributed by atoms with Crippen molar-refractivity contribution in [2.24, 2.45) is 7.05 Å². The number of nitrogens with zero attached hydrogens (tertiary/aromatic N) is 3. The molecule has 0 bridgehead atoms. The molecule has 0 aliphatic rings. The molecule has 0 saturated carbocycles. The van der Waals surface area contributed by atoms with Gasteiger partial charge in [-0.2, -0.15) is 5.10 Å². The first-order chi connectivity index (χ1) is 15.3. The van der Waals surface area contributed by atoms with Crippen LogP contribution in [0.4, 0.5) is 5.69 Å². The smallest absolute Gasteiger partial charge is 0.181 e. The predicted octanol–water partition coefficient (Wildman–Crippen LogP) is 2.57. The molecule has 9 heteroatoms. The van der Waals surface area contributed by atoms with Gasteiger partial charge in [-0.1, -0.05) is 12.1 Å². The Labute approximate surface area is 194 Å². The fraction of sp³-hybridized carbons (Fsp3) is 0.0435. The van der Waals surface area contributed by atoms with Crippen LogP contribution in [0.1, 0.15) is 5.56 Å². The van der Waals surface area contributed by atoms with E-state index in [1.807, 2.05) is 37.5 Å². The second-order valence-corrected chi connectivity index (χ2v) is 9.90. The number of para-hydroxylation sites is 1. The molecule has 1 N–H and O–H groups in total. The zero-order valence-electron chi connectivity index (χ0n) is 17.1. The Morgan fingerprint density at radius 2 is 1.78 bits per heavy atom. The van der Waals surface area contributed by atoms with Gasteiger partial charge in [0.1, 0.15) is 0 Å². The van der Waals surface area contributed by atoms with Gasteiger partial charge in [-0.15, -0.1) is 0 Å². The van der Waals surface area contributed by atoms with Gasteiger partial charge in [0.15, 0.2) is 0 Å². The summed E-state index contributed by atoms with van der Waals surface area (Å²) in [4.78, 5) is 12.4. The summed E-state index contributed by atoms with van der Waals surface area (Å²) >= 11 is 2.40. The molecular formula is C23H19AsN4O3S. The van der Waals surface area contributed by atoms with Crippen molar-refractivity contribution in [3.63, 3.8) is 0 Å². The number of anilines is 1. The van der Waals surface area contributed by atoms with Gasteiger partial charge in [0, 0.05) is 18.8 Å². The Morgan fingerprint density at radius 1 is 1.03 bits per heavy atom. The molecule has 0 atom stereocenters. The van der Waals surface area contributed by atoms with Gasteiger partial charge in [-0.25, -0.2) is 0 Å². The first-order valence-electron chi connectivity index (χ1n) is 9.63. The van der Waals surface area contributed by atoms with Gasteiger partial charge >= 0.3 is 143 Å². The van der Waals surface area contributed by atoms with Crippen LogP contribution in [0.3, 0.4) is 0 Å². The number of aromatic nitrogens is 3. The normalized spacial score (nSPS) is 11.7. The molecule has 0 aliphatic heterocycles. The summed E-state index contributed by atoms with van der Waals surface area (Å²) in [5, 5.41) is 6.92. The maximum absolute atomic E-state index is 13.0. The summed E-state index contributed by atoms with van der Waals surface area (Å²) < 4.78 is 29.6. The van der Waals surface area contributed by atoms with E-state index in [0.717, 1.165) is 19.5 Å². The van der Waals surface area contributed by atoms with Crippen LogP contribution in [0.2, 0.25) is 0 Å². The third kappa shape index (κ3) is 4.77. The van der Waals surface area contributed by atoms with Crippen molar-refractivity contribution < 1.29 is 13.2 Å². The molecule has 0 unspecified atom stereocenters. The molecular weight excluding hydrogens is 487 g/mol. The van der Waals surface area contributed by atoms with Crippen LogP contribution in [0.15, 0.2) is 90.4 Å². The van der Waals surface area contributed by atoms with Crippen LogP contribution in [-0.2, 0) is 21.9 Å². The van der Waals surface area contributed by atoms with Gasteiger partial charge in [0.25, 0.3) is 0 Å². The summed E-state index contributed by atoms with van der Waals surface area (Å²) in [6.45, 7) is 0. The zero-order chi connectivity index (χ0) is 22.7. The van der Waals surface area contributed by atoms with E-state index in [0.29, 0.717) is 11.3 Å². The number of carbonyl (C=O) groups is 1. The average molecular weight is 506 g/mol. The molecule has 2 aromatic carbocycles. The van der Waals surface area contributed by atoms with Crippen molar-refractivity contribution in [3.05, 3.63) is 91.0 Å². The molecule has 1 amide bonds. The molecule has 7 nitrogen and oxygen atoms in total. The van der Waals surface area contributed by atoms with Crippen molar-refractivity contribution >= 4 is 48.9 Å². The number of nitrogens with one attached hydrogen (secondary N) is 1. The van der Waals surface area contributed by atoms with Crippen molar-refractivity contribution in [2.75, 3.05) is 5.32 Å². The van der Waals surface area contributed by atoms with E-state index in [1.54, 1.807) is 47.3 Å². The van der Waals surface area contributed by atoms with Crippen LogP contribution < -0.4 is 9.67 Å². The molecule has 160 valence electrons. The van der Waals surface area contributed by atoms with E-state index in [9.17, 15) is 13.2 Å². The fourth-order valence-corrected chi connectivity index (χ4v) is 4.74. The first kappa shape index (κ1) is 21.9. The second-order valence-electron chi connectivity index (χ2n) is 7.05. The van der Waals surface area contributed by atoms with Crippen molar-refractivity contribution in [2.45, 2.75) is 4.90 Å². The monoisotopic (exact) mass is 506 g/mol. The van der Waals surface area contributed by atoms with E-state index in [-0.39, 0.29) is 10.8 Å². The summed E-state index contributed by atoms with van der Waals surface area (Å²) in [7, 11) is -1.92. The molecule has 32 heavy (non-hydrogen) atoms. The molecule has 2 heterocycles. The number of carbonyl (C=O) groups excluding carboxylic acids is 1. The van der Waals surface area contributed by atoms with E-state index >= 15 is 0 Å². The van der Waals surface area contributed by atoms with E-state index in [1.165, 1.54) is 18.5 Å². The van der Waals surface area contributed by atoms with Gasteiger partial charge in [0.05, 0.1) is 6.20 Å². The molecule has 2 radical (unpaired) electrons. The Kier molecular flexibility index (Phi) is 6.16. The van der Waals surface area contributed by atoms with Crippen LogP contribution in [0.25, 0.3) is 17.2 Å². The van der Waals surface area contributed by atoms with Crippen LogP contribution >= 0.6 is 0 Å². The average Bonchev–Trinajstić information content (AvgIpc) is 3.44. The van der Waals surface area contributed by atoms with Gasteiger partial charge in [0.2, 0.25) is 0 Å². The van der Waals surface area contributed by atoms with E-state index < -0.39 is 10.0 Å². The number of aryl methyl sites for hydroxylation is 1. The first-order valence-corrected chi connectivity index (χ1v) is 12.0. The number of rotatable bonds is 6. The summed E-state index contributed by atoms with van der Waals surface area (Å²) in [5.74, 6) is -0.301. The Balaban J connectivity index is 1.48. The van der Waals surface area contributed by atoms with Crippen molar-refractivity contribution in [3.8, 4) is 11.1 Å². The fourth-order valence-electron chi connectivity index (χ4n) is 3.08. The molecule has 0 aliphatic carbocycles. The Morgan fingerprint density at radius 3 is 2.47 bits per heavy atom. The van der Waals surface area contributed by atoms with Crippen LogP contribution in [0.5, 0.6) is 0 Å². The molecule has 0 fully saturated rings. The number of hydrogen-bond acceptors (Lipinski definition) is 4. The quantitative estimate of drug-likeness (QED) is 0.322. The maximum atomic E-state index is 13.0. The third-order valence-electron chi connectivity index (χ3n) is 4.75. The standard InChI is InChI=1S/C23H19AsN4O3S/c1-27-16-19(14-25-27)18-7-9-20(10-8-18)32(30,31)28-13-12-17(15-28)6-11-23(29)26-22-5-3-2-4-21(22)24/h2-16H,1H3,(H,26,29). The third-order valence-corrected chi connectivity index (χ3v) is 7.22. The summed E-state index contributed by atoms with van der Waals surface area (Å²) in [6, 6.07) is 15.7. The minimum Gasteiger partial charge on any atom is -0.181 e. The van der Waals surface area contributed by atoms with Crippen LogP contribution in [-0.4, -0.2) is 44.9 Å².